The molecule has 22 heavy (non-hydrogen) atoms. The lowest BCUT2D eigenvalue weighted by Gasteiger charge is -2.09. The van der Waals surface area contributed by atoms with Crippen LogP contribution < -0.4 is 10.9 Å². The van der Waals surface area contributed by atoms with E-state index in [4.69, 9.17) is 0 Å². The maximum atomic E-state index is 12.1. The number of aryl methyl sites for hydroxylation is 1. The Morgan fingerprint density at radius 1 is 1.32 bits per heavy atom. The maximum Gasteiger partial charge on any atom is 0.269 e. The molecular weight excluding hydrogens is 298 g/mol. The molecule has 112 valence electrons. The lowest BCUT2D eigenvalue weighted by Crippen LogP contribution is -2.32. The van der Waals surface area contributed by atoms with Gasteiger partial charge in [-0.25, -0.2) is 4.98 Å². The zero-order valence-corrected chi connectivity index (χ0v) is 12.9. The van der Waals surface area contributed by atoms with Gasteiger partial charge >= 0.3 is 0 Å². The van der Waals surface area contributed by atoms with Gasteiger partial charge in [-0.1, -0.05) is 12.1 Å². The highest BCUT2D eigenvalue weighted by atomic mass is 32.1. The molecule has 0 saturated heterocycles. The van der Waals surface area contributed by atoms with E-state index in [-0.39, 0.29) is 18.0 Å². The second-order valence-electron chi connectivity index (χ2n) is 4.97. The Morgan fingerprint density at radius 3 is 2.91 bits per heavy atom. The van der Waals surface area contributed by atoms with Gasteiger partial charge in [-0.2, -0.15) is 0 Å². The molecule has 0 aliphatic carbocycles. The Morgan fingerprint density at radius 2 is 2.14 bits per heavy atom. The van der Waals surface area contributed by atoms with Crippen molar-refractivity contribution in [2.45, 2.75) is 20.0 Å². The first-order valence-electron chi connectivity index (χ1n) is 6.89. The van der Waals surface area contributed by atoms with Gasteiger partial charge in [-0.15, -0.1) is 11.3 Å². The third kappa shape index (κ3) is 2.92. The molecule has 2 aromatic heterocycles. The van der Waals surface area contributed by atoms with Gasteiger partial charge in [-0.05, 0) is 36.1 Å². The van der Waals surface area contributed by atoms with Crippen LogP contribution in [0.2, 0.25) is 0 Å². The molecule has 5 nitrogen and oxygen atoms in total. The average molecular weight is 313 g/mol. The minimum atomic E-state index is -0.277. The highest BCUT2D eigenvalue weighted by molar-refractivity contribution is 7.10. The van der Waals surface area contributed by atoms with Gasteiger partial charge in [0.15, 0.2) is 0 Å². The van der Waals surface area contributed by atoms with Gasteiger partial charge in [-0.3, -0.25) is 14.2 Å². The fraction of sp³-hybridized carbons (Fsp3) is 0.188. The third-order valence-corrected chi connectivity index (χ3v) is 4.49. The molecule has 0 atom stereocenters. The standard InChI is InChI=1S/C16H15N3O2S/c1-11-6-7-22-14(11)8-18-15(20)10-19-13-5-3-2-4-12(13)17-9-16(19)21/h2-7,9H,8,10H2,1H3,(H,18,20). The zero-order valence-electron chi connectivity index (χ0n) is 12.1. The van der Waals surface area contributed by atoms with Crippen molar-refractivity contribution < 1.29 is 4.79 Å². The van der Waals surface area contributed by atoms with Gasteiger partial charge in [0.2, 0.25) is 5.91 Å². The summed E-state index contributed by atoms with van der Waals surface area (Å²) in [6.07, 6.45) is 1.25. The molecule has 2 heterocycles. The Balaban J connectivity index is 1.78. The van der Waals surface area contributed by atoms with E-state index < -0.39 is 0 Å². The highest BCUT2D eigenvalue weighted by Gasteiger charge is 2.09. The van der Waals surface area contributed by atoms with Crippen LogP contribution in [0.15, 0.2) is 46.7 Å². The molecule has 0 fully saturated rings. The van der Waals surface area contributed by atoms with Crippen molar-refractivity contribution in [3.8, 4) is 0 Å². The van der Waals surface area contributed by atoms with E-state index in [0.717, 1.165) is 10.4 Å². The Kier molecular flexibility index (Phi) is 4.02. The van der Waals surface area contributed by atoms with Crippen LogP contribution >= 0.6 is 11.3 Å². The number of aromatic nitrogens is 2. The van der Waals surface area contributed by atoms with Crippen LogP contribution in [0.4, 0.5) is 0 Å². The van der Waals surface area contributed by atoms with Crippen molar-refractivity contribution in [3.63, 3.8) is 0 Å². The van der Waals surface area contributed by atoms with Crippen LogP contribution in [0.5, 0.6) is 0 Å². The molecule has 1 amide bonds. The molecule has 0 radical (unpaired) electrons. The minimum Gasteiger partial charge on any atom is -0.350 e. The number of thiophene rings is 1. The summed E-state index contributed by atoms with van der Waals surface area (Å²) < 4.78 is 1.44. The number of amides is 1. The van der Waals surface area contributed by atoms with Crippen molar-refractivity contribution in [1.82, 2.24) is 14.9 Å². The highest BCUT2D eigenvalue weighted by Crippen LogP contribution is 2.14. The lowest BCUT2D eigenvalue weighted by molar-refractivity contribution is -0.121. The van der Waals surface area contributed by atoms with E-state index >= 15 is 0 Å². The van der Waals surface area contributed by atoms with Crippen molar-refractivity contribution in [3.05, 3.63) is 62.7 Å². The van der Waals surface area contributed by atoms with Crippen molar-refractivity contribution in [1.29, 1.82) is 0 Å². The second kappa shape index (κ2) is 6.11. The predicted molar refractivity (Wildman–Crippen MR) is 86.9 cm³/mol. The van der Waals surface area contributed by atoms with Crippen LogP contribution in [0.3, 0.4) is 0 Å². The molecule has 3 rings (SSSR count). The molecule has 0 saturated carbocycles. The smallest absolute Gasteiger partial charge is 0.269 e. The number of carbonyl (C=O) groups excluding carboxylic acids is 1. The molecule has 0 spiro atoms. The SMILES string of the molecule is Cc1ccsc1CNC(=O)Cn1c(=O)cnc2ccccc21. The summed E-state index contributed by atoms with van der Waals surface area (Å²) in [5, 5.41) is 4.86. The predicted octanol–water partition coefficient (Wildman–Crippen LogP) is 2.08. The number of fused-ring (bicyclic) bond motifs is 1. The summed E-state index contributed by atoms with van der Waals surface area (Å²) in [5.74, 6) is -0.189. The number of rotatable bonds is 4. The molecule has 0 bridgehead atoms. The topological polar surface area (TPSA) is 64.0 Å². The van der Waals surface area contributed by atoms with E-state index in [1.54, 1.807) is 17.4 Å². The number of benzene rings is 1. The van der Waals surface area contributed by atoms with Crippen LogP contribution in [-0.2, 0) is 17.9 Å². The molecular formula is C16H15N3O2S. The van der Waals surface area contributed by atoms with Gasteiger partial charge in [0.25, 0.3) is 5.56 Å². The first-order chi connectivity index (χ1) is 10.6. The Hall–Kier alpha value is -2.47. The minimum absolute atomic E-state index is 0.00765. The summed E-state index contributed by atoms with van der Waals surface area (Å²) >= 11 is 1.61. The summed E-state index contributed by atoms with van der Waals surface area (Å²) in [6.45, 7) is 2.49. The third-order valence-electron chi connectivity index (χ3n) is 3.47. The second-order valence-corrected chi connectivity index (χ2v) is 5.98. The molecule has 0 aliphatic heterocycles. The van der Waals surface area contributed by atoms with Crippen molar-refractivity contribution in [2.75, 3.05) is 0 Å². The molecule has 6 heteroatoms. The average Bonchev–Trinajstić information content (AvgIpc) is 2.93. The fourth-order valence-electron chi connectivity index (χ4n) is 2.24. The number of hydrogen-bond acceptors (Lipinski definition) is 4. The first-order valence-corrected chi connectivity index (χ1v) is 7.77. The van der Waals surface area contributed by atoms with E-state index in [1.165, 1.54) is 10.8 Å². The summed E-state index contributed by atoms with van der Waals surface area (Å²) in [5.41, 5.74) is 2.25. The van der Waals surface area contributed by atoms with Crippen LogP contribution in [-0.4, -0.2) is 15.5 Å². The molecule has 3 aromatic rings. The van der Waals surface area contributed by atoms with E-state index in [1.807, 2.05) is 36.6 Å². The summed E-state index contributed by atoms with van der Waals surface area (Å²) in [6, 6.07) is 9.31. The Bertz CT molecular complexity index is 882. The number of para-hydroxylation sites is 2. The van der Waals surface area contributed by atoms with Gasteiger partial charge in [0.05, 0.1) is 23.8 Å². The molecule has 0 aliphatic rings. The first kappa shape index (κ1) is 14.5. The van der Waals surface area contributed by atoms with Gasteiger partial charge < -0.3 is 5.32 Å². The lowest BCUT2D eigenvalue weighted by atomic mass is 10.3. The Labute approximate surface area is 131 Å². The van der Waals surface area contributed by atoms with E-state index in [0.29, 0.717) is 17.6 Å². The van der Waals surface area contributed by atoms with Crippen LogP contribution in [0.1, 0.15) is 10.4 Å². The van der Waals surface area contributed by atoms with Crippen LogP contribution in [0, 0.1) is 6.92 Å². The number of carbonyl (C=O) groups is 1. The quantitative estimate of drug-likeness (QED) is 0.802. The fourth-order valence-corrected chi connectivity index (χ4v) is 3.09. The van der Waals surface area contributed by atoms with Gasteiger partial charge in [0.1, 0.15) is 6.54 Å². The largest absolute Gasteiger partial charge is 0.350 e. The molecule has 0 unspecified atom stereocenters. The molecule has 1 aromatic carbocycles. The summed E-state index contributed by atoms with van der Waals surface area (Å²) in [4.78, 5) is 29.3. The number of nitrogens with one attached hydrogen (secondary N) is 1. The van der Waals surface area contributed by atoms with E-state index in [9.17, 15) is 9.59 Å². The zero-order chi connectivity index (χ0) is 15.5. The normalized spacial score (nSPS) is 10.8. The van der Waals surface area contributed by atoms with Crippen molar-refractivity contribution in [2.24, 2.45) is 0 Å². The monoisotopic (exact) mass is 313 g/mol. The van der Waals surface area contributed by atoms with Gasteiger partial charge in [0, 0.05) is 4.88 Å². The summed E-state index contributed by atoms with van der Waals surface area (Å²) in [7, 11) is 0. The number of nitrogens with zero attached hydrogens (tertiary/aromatic N) is 2. The number of hydrogen-bond donors (Lipinski definition) is 1. The maximum absolute atomic E-state index is 12.1. The van der Waals surface area contributed by atoms with Crippen LogP contribution in [0.25, 0.3) is 11.0 Å². The van der Waals surface area contributed by atoms with Crippen molar-refractivity contribution >= 4 is 28.3 Å². The molecule has 1 N–H and O–H groups in total. The van der Waals surface area contributed by atoms with E-state index in [2.05, 4.69) is 10.3 Å².